The Bertz CT molecular complexity index is 3350. The molecule has 2 aliphatic heterocycles. The number of rotatable bonds is 1. The number of hydrogen-bond donors (Lipinski definition) is 4. The van der Waals surface area contributed by atoms with Crippen molar-refractivity contribution in [3.05, 3.63) is 201 Å². The molecule has 0 saturated heterocycles. The van der Waals surface area contributed by atoms with Gasteiger partial charge in [-0.05, 0) is 145 Å². The molecule has 0 fully saturated rings. The topological polar surface area (TPSA) is 99.4 Å². The monoisotopic (exact) mass is 1240 g/mol. The molecular formula is C78H97BrO6S. The molecule has 0 unspecified atom stereocenters. The van der Waals surface area contributed by atoms with Crippen molar-refractivity contribution < 1.29 is 29.9 Å². The van der Waals surface area contributed by atoms with Gasteiger partial charge in [-0.3, -0.25) is 0 Å². The Kier molecular flexibility index (Phi) is 17.3. The summed E-state index contributed by atoms with van der Waals surface area (Å²) in [7, 11) is 0. The number of fused-ring (bicyclic) bond motifs is 10. The lowest BCUT2D eigenvalue weighted by atomic mass is 9.79. The van der Waals surface area contributed by atoms with Crippen LogP contribution in [-0.4, -0.2) is 25.2 Å². The van der Waals surface area contributed by atoms with Crippen LogP contribution in [0.15, 0.2) is 94.3 Å². The first-order chi connectivity index (χ1) is 39.5. The Morgan fingerprint density at radius 1 is 0.291 bits per heavy atom. The van der Waals surface area contributed by atoms with Gasteiger partial charge in [-0.25, -0.2) is 0 Å². The zero-order chi connectivity index (χ0) is 63.3. The minimum atomic E-state index is -0.304. The maximum atomic E-state index is 13.0. The SMILES string of the molecule is CC(C)(C)Sc1c2cc(Br)cc1COc1c3cc(C(C)(C)C)cc1Cc1cc(C(C)(C)C)cc(c1O)Cc1cc(C(C)(C)C)cc(c1O)Cc1cc(C(C)(C)C)cc(c1OC2)Cc1cc(C(C)(C)C)cc(c1O)Cc1cc(C(C)(C)C)cc(c1O)C3. The summed E-state index contributed by atoms with van der Waals surface area (Å²) in [6.45, 7) is 47.1. The van der Waals surface area contributed by atoms with Gasteiger partial charge in [0.05, 0.1) is 0 Å². The van der Waals surface area contributed by atoms with Gasteiger partial charge < -0.3 is 29.9 Å². The molecule has 86 heavy (non-hydrogen) atoms. The predicted octanol–water partition coefficient (Wildman–Crippen LogP) is 20.3. The molecule has 0 atom stereocenters. The fourth-order valence-electron chi connectivity index (χ4n) is 12.0. The van der Waals surface area contributed by atoms with Crippen LogP contribution in [-0.2, 0) is 84.2 Å². The molecule has 2 heterocycles. The Hall–Kier alpha value is -5.83. The molecule has 4 N–H and O–H groups in total. The van der Waals surface area contributed by atoms with Crippen LogP contribution in [0.2, 0.25) is 0 Å². The van der Waals surface area contributed by atoms with Crippen molar-refractivity contribution in [2.24, 2.45) is 0 Å². The lowest BCUT2D eigenvalue weighted by molar-refractivity contribution is 0.288. The van der Waals surface area contributed by atoms with Gasteiger partial charge in [0.15, 0.2) is 0 Å². The highest BCUT2D eigenvalue weighted by Crippen LogP contribution is 2.47. The molecular weight excluding hydrogens is 1140 g/mol. The zero-order valence-electron chi connectivity index (χ0n) is 55.6. The summed E-state index contributed by atoms with van der Waals surface area (Å²) in [5, 5.41) is 52.2. The van der Waals surface area contributed by atoms with E-state index in [0.29, 0.717) is 37.2 Å². The van der Waals surface area contributed by atoms with Crippen molar-refractivity contribution in [3.8, 4) is 34.5 Å². The van der Waals surface area contributed by atoms with E-state index in [0.717, 1.165) is 121 Å². The Morgan fingerprint density at radius 3 is 0.663 bits per heavy atom. The van der Waals surface area contributed by atoms with Crippen molar-refractivity contribution in [1.82, 2.24) is 0 Å². The number of thioether (sulfide) groups is 1. The number of ether oxygens (including phenoxy) is 2. The molecule has 2 aliphatic rings. The lowest BCUT2D eigenvalue weighted by Crippen LogP contribution is -2.17. The Balaban J connectivity index is 1.50. The maximum absolute atomic E-state index is 13.0. The van der Waals surface area contributed by atoms with Gasteiger partial charge in [0.1, 0.15) is 47.7 Å². The molecule has 0 aliphatic carbocycles. The van der Waals surface area contributed by atoms with Gasteiger partial charge in [-0.15, -0.1) is 11.8 Å². The van der Waals surface area contributed by atoms with Gasteiger partial charge >= 0.3 is 0 Å². The van der Waals surface area contributed by atoms with Crippen LogP contribution >= 0.6 is 27.7 Å². The van der Waals surface area contributed by atoms with Gasteiger partial charge in [0.2, 0.25) is 0 Å². The second kappa shape index (κ2) is 23.0. The number of phenols is 4. The van der Waals surface area contributed by atoms with E-state index in [4.69, 9.17) is 9.47 Å². The Morgan fingerprint density at radius 2 is 0.477 bits per heavy atom. The van der Waals surface area contributed by atoms with Crippen molar-refractivity contribution in [3.63, 3.8) is 0 Å². The summed E-state index contributed by atoms with van der Waals surface area (Å²) in [5.41, 5.74) is 16.4. The molecule has 7 aromatic carbocycles. The fraction of sp³-hybridized carbons (Fsp3) is 0.462. The number of hydrogen-bond acceptors (Lipinski definition) is 7. The summed E-state index contributed by atoms with van der Waals surface area (Å²) in [6.07, 6.45) is 1.94. The third kappa shape index (κ3) is 14.2. The van der Waals surface area contributed by atoms with Crippen LogP contribution in [0.5, 0.6) is 34.5 Å². The lowest BCUT2D eigenvalue weighted by Gasteiger charge is -2.29. The van der Waals surface area contributed by atoms with E-state index in [9.17, 15) is 20.4 Å². The quantitative estimate of drug-likeness (QED) is 0.122. The molecule has 0 radical (unpaired) electrons. The van der Waals surface area contributed by atoms with Gasteiger partial charge in [0, 0.05) is 63.8 Å². The minimum absolute atomic E-state index is 0.192. The third-order valence-corrected chi connectivity index (χ3v) is 19.2. The largest absolute Gasteiger partial charge is 0.507 e. The van der Waals surface area contributed by atoms with Crippen LogP contribution in [0, 0.1) is 0 Å². The van der Waals surface area contributed by atoms with Gasteiger partial charge in [-0.2, -0.15) is 0 Å². The molecule has 458 valence electrons. The third-order valence-electron chi connectivity index (χ3n) is 17.4. The predicted molar refractivity (Wildman–Crippen MR) is 363 cm³/mol. The number of benzene rings is 7. The van der Waals surface area contributed by atoms with E-state index in [1.54, 1.807) is 11.8 Å². The molecule has 0 spiro atoms. The number of phenolic OH excluding ortho intramolecular Hbond substituents is 4. The first-order valence-corrected chi connectivity index (χ1v) is 32.6. The number of aromatic hydroxyl groups is 4. The first-order valence-electron chi connectivity index (χ1n) is 31.0. The molecule has 7 aromatic rings. The molecule has 12 bridgehead atoms. The second-order valence-corrected chi connectivity index (χ2v) is 35.0. The average Bonchev–Trinajstić information content (AvgIpc) is 0.951. The zero-order valence-corrected chi connectivity index (χ0v) is 58.0. The maximum Gasteiger partial charge on any atom is 0.126 e. The standard InChI is InChI=1S/C78H97BrO6S/c1-72(2,3)58-28-44-22-45-29-59(73(4,5)6)33-49(66(45)81)25-54-38-63(77(16,17)18)39-55-27-51-35-61(75(10,11)12)31-47(68(51)83)23-46-30-60(74(7,8)9)34-50(67(46)82)26-53-37-62(76(13,14)15)36-52(24-48(32-58)65(44)80)69(53)84-42-56-40-64(79)41-57(43-85-70(54)55)71(56)86-78(19,20)21/h28-41,80-83H,22-27,42-43H2,1-21H3. The van der Waals surface area contributed by atoms with E-state index < -0.39 is 0 Å². The van der Waals surface area contributed by atoms with E-state index in [-0.39, 0.29) is 86.3 Å². The molecule has 0 aromatic heterocycles. The summed E-state index contributed by atoms with van der Waals surface area (Å²) in [4.78, 5) is 1.06. The van der Waals surface area contributed by atoms with Crippen molar-refractivity contribution in [2.75, 3.05) is 0 Å². The summed E-state index contributed by atoms with van der Waals surface area (Å²) >= 11 is 5.79. The van der Waals surface area contributed by atoms with E-state index in [2.05, 4.69) is 246 Å². The van der Waals surface area contributed by atoms with Crippen molar-refractivity contribution in [1.29, 1.82) is 0 Å². The molecule has 6 nitrogen and oxygen atoms in total. The minimum Gasteiger partial charge on any atom is -0.507 e. The second-order valence-electron chi connectivity index (χ2n) is 32.2. The summed E-state index contributed by atoms with van der Waals surface area (Å²) in [5.74, 6) is 2.17. The molecule has 9 rings (SSSR count). The van der Waals surface area contributed by atoms with Crippen molar-refractivity contribution in [2.45, 2.75) is 239 Å². The fourth-order valence-corrected chi connectivity index (χ4v) is 13.7. The molecule has 0 amide bonds. The molecule has 0 saturated carbocycles. The van der Waals surface area contributed by atoms with Crippen LogP contribution < -0.4 is 9.47 Å². The van der Waals surface area contributed by atoms with Crippen LogP contribution in [0.3, 0.4) is 0 Å². The normalized spacial score (nSPS) is 14.7. The molecule has 8 heteroatoms. The average molecular weight is 1240 g/mol. The van der Waals surface area contributed by atoms with E-state index >= 15 is 0 Å². The van der Waals surface area contributed by atoms with E-state index in [1.165, 1.54) is 0 Å². The highest BCUT2D eigenvalue weighted by atomic mass is 79.9. The Labute approximate surface area is 528 Å². The van der Waals surface area contributed by atoms with Crippen LogP contribution in [0.25, 0.3) is 0 Å². The van der Waals surface area contributed by atoms with Crippen LogP contribution in [0.4, 0.5) is 0 Å². The highest BCUT2D eigenvalue weighted by molar-refractivity contribution is 9.10. The summed E-state index contributed by atoms with van der Waals surface area (Å²) in [6, 6.07) is 30.6. The van der Waals surface area contributed by atoms with Crippen molar-refractivity contribution >= 4 is 27.7 Å². The highest BCUT2D eigenvalue weighted by Gasteiger charge is 2.32. The van der Waals surface area contributed by atoms with Gasteiger partial charge in [0.25, 0.3) is 0 Å². The number of halogens is 1. The first kappa shape index (κ1) is 64.6. The van der Waals surface area contributed by atoms with Gasteiger partial charge in [-0.1, -0.05) is 234 Å². The van der Waals surface area contributed by atoms with E-state index in [1.807, 2.05) is 0 Å². The smallest absolute Gasteiger partial charge is 0.126 e. The summed E-state index contributed by atoms with van der Waals surface area (Å²) < 4.78 is 15.8. The van der Waals surface area contributed by atoms with Crippen LogP contribution in [0.1, 0.15) is 257 Å².